The smallest absolute Gasteiger partial charge is 0.243 e. The molecular formula is C18H17ClN2O2. The van der Waals surface area contributed by atoms with E-state index in [1.807, 2.05) is 48.5 Å². The molecule has 23 heavy (non-hydrogen) atoms. The number of ether oxygens (including phenoxy) is 1. The van der Waals surface area contributed by atoms with Gasteiger partial charge >= 0.3 is 0 Å². The Bertz CT molecular complexity index is 745. The molecule has 5 heteroatoms. The van der Waals surface area contributed by atoms with E-state index in [1.54, 1.807) is 13.3 Å². The second kappa shape index (κ2) is 6.84. The fraction of sp³-hybridized carbons (Fsp3) is 0.222. The Labute approximate surface area is 140 Å². The molecule has 0 saturated heterocycles. The third-order valence-electron chi connectivity index (χ3n) is 3.89. The van der Waals surface area contributed by atoms with Crippen LogP contribution in [0.15, 0.2) is 53.6 Å². The highest BCUT2D eigenvalue weighted by molar-refractivity contribution is 6.30. The number of hydrazone groups is 1. The van der Waals surface area contributed by atoms with Gasteiger partial charge in [0.2, 0.25) is 5.91 Å². The molecule has 1 N–H and O–H groups in total. The maximum absolute atomic E-state index is 12.1. The van der Waals surface area contributed by atoms with Gasteiger partial charge in [-0.15, -0.1) is 0 Å². The first-order valence-corrected chi connectivity index (χ1v) is 7.77. The number of amides is 1. The summed E-state index contributed by atoms with van der Waals surface area (Å²) in [6.07, 6.45) is 2.44. The highest BCUT2D eigenvalue weighted by atomic mass is 35.5. The Balaban J connectivity index is 1.55. The number of methoxy groups -OCH3 is 1. The first-order valence-electron chi connectivity index (χ1n) is 7.40. The Morgan fingerprint density at radius 3 is 2.91 bits per heavy atom. The Kier molecular flexibility index (Phi) is 4.63. The Morgan fingerprint density at radius 1 is 1.30 bits per heavy atom. The third kappa shape index (κ3) is 3.90. The molecule has 1 amide bonds. The van der Waals surface area contributed by atoms with Gasteiger partial charge in [0.25, 0.3) is 0 Å². The maximum Gasteiger partial charge on any atom is 0.243 e. The molecule has 1 aliphatic rings. The Morgan fingerprint density at radius 2 is 2.13 bits per heavy atom. The van der Waals surface area contributed by atoms with Gasteiger partial charge in [-0.25, -0.2) is 5.43 Å². The van der Waals surface area contributed by atoms with Crippen LogP contribution in [0.25, 0.3) is 0 Å². The molecule has 2 unspecified atom stereocenters. The number of carbonyl (C=O) groups excluding carboxylic acids is 1. The van der Waals surface area contributed by atoms with Gasteiger partial charge in [-0.05, 0) is 47.7 Å². The predicted molar refractivity (Wildman–Crippen MR) is 91.0 cm³/mol. The van der Waals surface area contributed by atoms with Crippen LogP contribution < -0.4 is 10.2 Å². The highest BCUT2D eigenvalue weighted by Gasteiger charge is 2.43. The van der Waals surface area contributed by atoms with Crippen molar-refractivity contribution in [2.75, 3.05) is 7.11 Å². The number of hydrogen-bond donors (Lipinski definition) is 1. The average Bonchev–Trinajstić information content (AvgIpc) is 3.36. The molecule has 2 aromatic carbocycles. The van der Waals surface area contributed by atoms with Gasteiger partial charge in [-0.2, -0.15) is 5.10 Å². The van der Waals surface area contributed by atoms with Crippen molar-refractivity contribution in [2.45, 2.75) is 12.3 Å². The zero-order valence-corrected chi connectivity index (χ0v) is 13.5. The molecule has 0 bridgehead atoms. The largest absolute Gasteiger partial charge is 0.497 e. The summed E-state index contributed by atoms with van der Waals surface area (Å²) in [7, 11) is 1.61. The molecule has 2 atom stereocenters. The zero-order chi connectivity index (χ0) is 16.2. The number of nitrogens with one attached hydrogen (secondary N) is 1. The van der Waals surface area contributed by atoms with Crippen LogP contribution in [0.4, 0.5) is 0 Å². The molecule has 3 rings (SSSR count). The zero-order valence-electron chi connectivity index (χ0n) is 12.7. The summed E-state index contributed by atoms with van der Waals surface area (Å²) in [5, 5.41) is 4.72. The summed E-state index contributed by atoms with van der Waals surface area (Å²) in [6, 6.07) is 15.1. The number of halogens is 1. The summed E-state index contributed by atoms with van der Waals surface area (Å²) >= 11 is 5.99. The molecule has 1 saturated carbocycles. The maximum atomic E-state index is 12.1. The van der Waals surface area contributed by atoms with Crippen molar-refractivity contribution < 1.29 is 9.53 Å². The van der Waals surface area contributed by atoms with E-state index in [4.69, 9.17) is 16.3 Å². The van der Waals surface area contributed by atoms with Crippen molar-refractivity contribution in [3.8, 4) is 5.75 Å². The van der Waals surface area contributed by atoms with E-state index in [1.165, 1.54) is 0 Å². The van der Waals surface area contributed by atoms with Crippen LogP contribution in [0.2, 0.25) is 5.02 Å². The highest BCUT2D eigenvalue weighted by Crippen LogP contribution is 2.47. The lowest BCUT2D eigenvalue weighted by molar-refractivity contribution is -0.122. The first-order chi connectivity index (χ1) is 11.2. The van der Waals surface area contributed by atoms with Gasteiger partial charge < -0.3 is 4.74 Å². The van der Waals surface area contributed by atoms with E-state index in [0.29, 0.717) is 5.02 Å². The van der Waals surface area contributed by atoms with E-state index in [-0.39, 0.29) is 17.7 Å². The summed E-state index contributed by atoms with van der Waals surface area (Å²) in [5.41, 5.74) is 4.58. The van der Waals surface area contributed by atoms with E-state index in [0.717, 1.165) is 23.3 Å². The number of hydrogen-bond acceptors (Lipinski definition) is 3. The van der Waals surface area contributed by atoms with E-state index >= 15 is 0 Å². The average molecular weight is 329 g/mol. The second-order valence-electron chi connectivity index (χ2n) is 5.51. The lowest BCUT2D eigenvalue weighted by Crippen LogP contribution is -2.20. The molecular weight excluding hydrogens is 312 g/mol. The molecule has 0 spiro atoms. The van der Waals surface area contributed by atoms with E-state index in [2.05, 4.69) is 10.5 Å². The lowest BCUT2D eigenvalue weighted by Gasteiger charge is -2.02. The summed E-state index contributed by atoms with van der Waals surface area (Å²) in [5.74, 6) is 0.897. The van der Waals surface area contributed by atoms with Crippen molar-refractivity contribution in [3.05, 3.63) is 64.7 Å². The number of rotatable bonds is 5. The topological polar surface area (TPSA) is 50.7 Å². The van der Waals surface area contributed by atoms with E-state index in [9.17, 15) is 4.79 Å². The summed E-state index contributed by atoms with van der Waals surface area (Å²) in [6.45, 7) is 0. The molecule has 0 aromatic heterocycles. The standard InChI is InChI=1S/C18H17ClN2O2/c1-23-15-7-2-4-12(8-15)11-20-21-18(22)17-10-16(17)13-5-3-6-14(19)9-13/h2-9,11,16-17H,10H2,1H3,(H,21,22). The quantitative estimate of drug-likeness (QED) is 0.673. The fourth-order valence-electron chi connectivity index (χ4n) is 2.57. The van der Waals surface area contributed by atoms with E-state index < -0.39 is 0 Å². The van der Waals surface area contributed by atoms with Crippen molar-refractivity contribution in [1.29, 1.82) is 0 Å². The molecule has 0 aliphatic heterocycles. The number of benzene rings is 2. The molecule has 4 nitrogen and oxygen atoms in total. The van der Waals surface area contributed by atoms with Crippen molar-refractivity contribution in [1.82, 2.24) is 5.43 Å². The van der Waals surface area contributed by atoms with Gasteiger partial charge in [-0.1, -0.05) is 35.9 Å². The van der Waals surface area contributed by atoms with Crippen LogP contribution in [0.1, 0.15) is 23.5 Å². The predicted octanol–water partition coefficient (Wildman–Crippen LogP) is 3.60. The van der Waals surface area contributed by atoms with Crippen LogP contribution in [0.3, 0.4) is 0 Å². The lowest BCUT2D eigenvalue weighted by atomic mass is 10.1. The molecule has 0 radical (unpaired) electrons. The molecule has 1 fully saturated rings. The SMILES string of the molecule is COc1cccc(C=NNC(=O)C2CC2c2cccc(Cl)c2)c1. The summed E-state index contributed by atoms with van der Waals surface area (Å²) in [4.78, 5) is 12.1. The monoisotopic (exact) mass is 328 g/mol. The van der Waals surface area contributed by atoms with Gasteiger partial charge in [0.05, 0.1) is 13.3 Å². The van der Waals surface area contributed by atoms with Gasteiger partial charge in [0.1, 0.15) is 5.75 Å². The van der Waals surface area contributed by atoms with Gasteiger partial charge in [0.15, 0.2) is 0 Å². The Hall–Kier alpha value is -2.33. The first kappa shape index (κ1) is 15.6. The third-order valence-corrected chi connectivity index (χ3v) is 4.12. The van der Waals surface area contributed by atoms with Crippen LogP contribution in [-0.4, -0.2) is 19.2 Å². The van der Waals surface area contributed by atoms with Crippen molar-refractivity contribution in [2.24, 2.45) is 11.0 Å². The minimum atomic E-state index is -0.0610. The molecule has 1 aliphatic carbocycles. The van der Waals surface area contributed by atoms with Crippen LogP contribution >= 0.6 is 11.6 Å². The van der Waals surface area contributed by atoms with Gasteiger partial charge in [-0.3, -0.25) is 4.79 Å². The van der Waals surface area contributed by atoms with Gasteiger partial charge in [0, 0.05) is 10.9 Å². The minimum Gasteiger partial charge on any atom is -0.497 e. The summed E-state index contributed by atoms with van der Waals surface area (Å²) < 4.78 is 5.14. The molecule has 0 heterocycles. The number of carbonyl (C=O) groups is 1. The normalized spacial score (nSPS) is 19.6. The van der Waals surface area contributed by atoms with Crippen LogP contribution in [-0.2, 0) is 4.79 Å². The molecule has 118 valence electrons. The second-order valence-corrected chi connectivity index (χ2v) is 5.95. The van der Waals surface area contributed by atoms with Crippen LogP contribution in [0, 0.1) is 5.92 Å². The fourth-order valence-corrected chi connectivity index (χ4v) is 2.76. The van der Waals surface area contributed by atoms with Crippen molar-refractivity contribution >= 4 is 23.7 Å². The molecule has 2 aromatic rings. The number of nitrogens with zero attached hydrogens (tertiary/aromatic N) is 1. The minimum absolute atomic E-state index is 0.0315. The van der Waals surface area contributed by atoms with Crippen molar-refractivity contribution in [3.63, 3.8) is 0 Å². The van der Waals surface area contributed by atoms with Crippen LogP contribution in [0.5, 0.6) is 5.75 Å².